The van der Waals surface area contributed by atoms with Crippen molar-refractivity contribution in [2.45, 2.75) is 6.54 Å². The fourth-order valence-electron chi connectivity index (χ4n) is 2.31. The molecule has 114 valence electrons. The van der Waals surface area contributed by atoms with E-state index in [-0.39, 0.29) is 11.5 Å². The number of nitro groups is 1. The Morgan fingerprint density at radius 2 is 1.61 bits per heavy atom. The highest BCUT2D eigenvalue weighted by Gasteiger charge is 2.13. The van der Waals surface area contributed by atoms with Gasteiger partial charge in [-0.15, -0.1) is 0 Å². The third kappa shape index (κ3) is 3.52. The van der Waals surface area contributed by atoms with Crippen molar-refractivity contribution in [3.8, 4) is 11.1 Å². The Balaban J connectivity index is 1.71. The number of anilines is 1. The maximum absolute atomic E-state index is 11.0. The molecule has 0 fully saturated rings. The summed E-state index contributed by atoms with van der Waals surface area (Å²) in [4.78, 5) is 14.6. The monoisotopic (exact) mass is 305 g/mol. The largest absolute Gasteiger partial charge is 0.360 e. The summed E-state index contributed by atoms with van der Waals surface area (Å²) in [6.07, 6.45) is 1.54. The van der Waals surface area contributed by atoms with Crippen LogP contribution in [0.25, 0.3) is 11.1 Å². The molecule has 0 amide bonds. The van der Waals surface area contributed by atoms with Crippen LogP contribution in [-0.2, 0) is 6.54 Å². The predicted molar refractivity (Wildman–Crippen MR) is 90.1 cm³/mol. The van der Waals surface area contributed by atoms with Crippen molar-refractivity contribution in [3.63, 3.8) is 0 Å². The zero-order chi connectivity index (χ0) is 16.1. The summed E-state index contributed by atoms with van der Waals surface area (Å²) in [5, 5.41) is 14.0. The number of pyridine rings is 1. The van der Waals surface area contributed by atoms with E-state index >= 15 is 0 Å². The van der Waals surface area contributed by atoms with Crippen LogP contribution in [0.1, 0.15) is 5.56 Å². The first kappa shape index (κ1) is 14.7. The van der Waals surface area contributed by atoms with Gasteiger partial charge in [-0.05, 0) is 22.8 Å². The molecule has 0 bridgehead atoms. The van der Waals surface area contributed by atoms with Crippen LogP contribution in [-0.4, -0.2) is 9.91 Å². The van der Waals surface area contributed by atoms with Gasteiger partial charge in [0.05, 0.1) is 4.92 Å². The van der Waals surface area contributed by atoms with Gasteiger partial charge in [0.1, 0.15) is 0 Å². The van der Waals surface area contributed by atoms with Gasteiger partial charge in [-0.25, -0.2) is 4.98 Å². The summed E-state index contributed by atoms with van der Waals surface area (Å²) >= 11 is 0. The van der Waals surface area contributed by atoms with Crippen LogP contribution in [0, 0.1) is 10.1 Å². The van der Waals surface area contributed by atoms with E-state index in [0.29, 0.717) is 6.54 Å². The van der Waals surface area contributed by atoms with E-state index in [1.165, 1.54) is 12.3 Å². The maximum atomic E-state index is 11.0. The maximum Gasteiger partial charge on any atom is 0.311 e. The number of rotatable bonds is 5. The summed E-state index contributed by atoms with van der Waals surface area (Å²) in [6.45, 7) is 0.479. The summed E-state index contributed by atoms with van der Waals surface area (Å²) in [5.41, 5.74) is 3.31. The molecule has 0 radical (unpaired) electrons. The van der Waals surface area contributed by atoms with Crippen molar-refractivity contribution in [1.82, 2.24) is 4.98 Å². The Bertz CT molecular complexity index is 802. The van der Waals surface area contributed by atoms with Crippen LogP contribution < -0.4 is 5.32 Å². The topological polar surface area (TPSA) is 68.1 Å². The van der Waals surface area contributed by atoms with Gasteiger partial charge in [0.2, 0.25) is 5.82 Å². The molecule has 1 heterocycles. The molecular formula is C18H15N3O2. The predicted octanol–water partition coefficient (Wildman–Crippen LogP) is 4.27. The highest BCUT2D eigenvalue weighted by molar-refractivity contribution is 5.63. The van der Waals surface area contributed by atoms with E-state index in [1.54, 1.807) is 6.07 Å². The number of aromatic nitrogens is 1. The molecule has 5 heteroatoms. The zero-order valence-electron chi connectivity index (χ0n) is 12.3. The molecule has 0 spiro atoms. The smallest absolute Gasteiger partial charge is 0.311 e. The van der Waals surface area contributed by atoms with Gasteiger partial charge < -0.3 is 5.32 Å². The van der Waals surface area contributed by atoms with Crippen LogP contribution in [0.3, 0.4) is 0 Å². The van der Waals surface area contributed by atoms with E-state index in [2.05, 4.69) is 22.4 Å². The van der Waals surface area contributed by atoms with Crippen LogP contribution in [0.4, 0.5) is 11.5 Å². The van der Waals surface area contributed by atoms with Gasteiger partial charge in [-0.2, -0.15) is 0 Å². The first-order valence-corrected chi connectivity index (χ1v) is 7.22. The molecule has 1 N–H and O–H groups in total. The van der Waals surface area contributed by atoms with E-state index in [9.17, 15) is 10.1 Å². The van der Waals surface area contributed by atoms with Gasteiger partial charge in [0.25, 0.3) is 0 Å². The average Bonchev–Trinajstić information content (AvgIpc) is 2.61. The standard InChI is InChI=1S/C18H15N3O2/c22-21(23)17-7-4-12-19-18(17)20-13-14-8-10-16(11-9-14)15-5-2-1-3-6-15/h1-12H,13H2,(H,19,20). The fraction of sp³-hybridized carbons (Fsp3) is 0.0556. The lowest BCUT2D eigenvalue weighted by Crippen LogP contribution is -2.04. The Labute approximate surface area is 133 Å². The van der Waals surface area contributed by atoms with Crippen molar-refractivity contribution in [3.05, 3.63) is 88.6 Å². The molecule has 1 aromatic heterocycles. The number of benzene rings is 2. The molecule has 2 aromatic carbocycles. The van der Waals surface area contributed by atoms with Crippen molar-refractivity contribution < 1.29 is 4.92 Å². The number of hydrogen-bond acceptors (Lipinski definition) is 4. The summed E-state index contributed by atoms with van der Waals surface area (Å²) < 4.78 is 0. The quantitative estimate of drug-likeness (QED) is 0.564. The molecule has 0 saturated carbocycles. The fourth-order valence-corrected chi connectivity index (χ4v) is 2.31. The summed E-state index contributed by atoms with van der Waals surface area (Å²) in [5.74, 6) is 0.282. The minimum atomic E-state index is -0.437. The van der Waals surface area contributed by atoms with Crippen molar-refractivity contribution in [2.75, 3.05) is 5.32 Å². The molecule has 0 aliphatic carbocycles. The minimum Gasteiger partial charge on any atom is -0.360 e. The van der Waals surface area contributed by atoms with Crippen molar-refractivity contribution in [1.29, 1.82) is 0 Å². The van der Waals surface area contributed by atoms with Gasteiger partial charge in [-0.1, -0.05) is 54.6 Å². The summed E-state index contributed by atoms with van der Waals surface area (Å²) in [6, 6.07) is 21.2. The molecule has 3 aromatic rings. The highest BCUT2D eigenvalue weighted by atomic mass is 16.6. The van der Waals surface area contributed by atoms with Crippen molar-refractivity contribution in [2.24, 2.45) is 0 Å². The lowest BCUT2D eigenvalue weighted by atomic mass is 10.0. The summed E-state index contributed by atoms with van der Waals surface area (Å²) in [7, 11) is 0. The SMILES string of the molecule is O=[N+]([O-])c1cccnc1NCc1ccc(-c2ccccc2)cc1. The van der Waals surface area contributed by atoms with Gasteiger partial charge in [0, 0.05) is 18.8 Å². The lowest BCUT2D eigenvalue weighted by Gasteiger charge is -2.07. The Morgan fingerprint density at radius 1 is 0.913 bits per heavy atom. The molecule has 3 rings (SSSR count). The average molecular weight is 305 g/mol. The third-order valence-electron chi connectivity index (χ3n) is 3.50. The van der Waals surface area contributed by atoms with Crippen LogP contribution in [0.5, 0.6) is 0 Å². The molecule has 0 unspecified atom stereocenters. The van der Waals surface area contributed by atoms with Crippen molar-refractivity contribution >= 4 is 11.5 Å². The molecule has 0 aliphatic rings. The second-order valence-electron chi connectivity index (χ2n) is 5.04. The van der Waals surface area contributed by atoms with E-state index in [1.807, 2.05) is 42.5 Å². The Hall–Kier alpha value is -3.21. The van der Waals surface area contributed by atoms with E-state index in [4.69, 9.17) is 0 Å². The number of nitrogens with one attached hydrogen (secondary N) is 1. The minimum absolute atomic E-state index is 0.0200. The van der Waals surface area contributed by atoms with Gasteiger partial charge in [0.15, 0.2) is 0 Å². The third-order valence-corrected chi connectivity index (χ3v) is 3.50. The second-order valence-corrected chi connectivity index (χ2v) is 5.04. The molecular weight excluding hydrogens is 290 g/mol. The molecule has 5 nitrogen and oxygen atoms in total. The molecule has 0 atom stereocenters. The van der Waals surface area contributed by atoms with Crippen LogP contribution in [0.15, 0.2) is 72.9 Å². The first-order chi connectivity index (χ1) is 11.2. The second kappa shape index (κ2) is 6.70. The van der Waals surface area contributed by atoms with Gasteiger partial charge in [-0.3, -0.25) is 10.1 Å². The highest BCUT2D eigenvalue weighted by Crippen LogP contribution is 2.22. The normalized spacial score (nSPS) is 10.3. The molecule has 0 saturated heterocycles. The molecule has 0 aliphatic heterocycles. The lowest BCUT2D eigenvalue weighted by molar-refractivity contribution is -0.384. The number of hydrogen-bond donors (Lipinski definition) is 1. The van der Waals surface area contributed by atoms with E-state index in [0.717, 1.165) is 16.7 Å². The molecule has 23 heavy (non-hydrogen) atoms. The van der Waals surface area contributed by atoms with Crippen LogP contribution >= 0.6 is 0 Å². The van der Waals surface area contributed by atoms with Crippen LogP contribution in [0.2, 0.25) is 0 Å². The van der Waals surface area contributed by atoms with Gasteiger partial charge >= 0.3 is 5.69 Å². The zero-order valence-corrected chi connectivity index (χ0v) is 12.3. The first-order valence-electron chi connectivity index (χ1n) is 7.22. The number of nitrogens with zero attached hydrogens (tertiary/aromatic N) is 2. The Kier molecular flexibility index (Phi) is 4.29. The Morgan fingerprint density at radius 3 is 2.30 bits per heavy atom. The van der Waals surface area contributed by atoms with E-state index < -0.39 is 4.92 Å².